The Balaban J connectivity index is 2.22. The monoisotopic (exact) mass is 195 g/mol. The summed E-state index contributed by atoms with van der Waals surface area (Å²) in [5.74, 6) is 0. The average molecular weight is 195 g/mol. The van der Waals surface area contributed by atoms with E-state index in [1.54, 1.807) is 0 Å². The van der Waals surface area contributed by atoms with Crippen molar-refractivity contribution in [2.24, 2.45) is 0 Å². The van der Waals surface area contributed by atoms with Crippen LogP contribution in [0.25, 0.3) is 0 Å². The molecule has 2 aliphatic rings. The Hall–Kier alpha value is 0.400. The molecule has 2 rings (SSSR count). The summed E-state index contributed by atoms with van der Waals surface area (Å²) in [6, 6.07) is 0. The van der Waals surface area contributed by atoms with Gasteiger partial charge in [0.2, 0.25) is 0 Å². The van der Waals surface area contributed by atoms with Gasteiger partial charge >= 0.3 is 43.7 Å². The second kappa shape index (κ2) is 0.680. The van der Waals surface area contributed by atoms with Crippen molar-refractivity contribution in [1.82, 2.24) is 0 Å². The minimum atomic E-state index is -0.305. The zero-order valence-corrected chi connectivity index (χ0v) is 5.69. The van der Waals surface area contributed by atoms with E-state index >= 15 is 0 Å². The third-order valence-electron chi connectivity index (χ3n) is 1.42. The molecule has 0 aromatic heterocycles. The molecule has 0 aromatic rings. The molecule has 1 aliphatic carbocycles. The molecule has 1 unspecified atom stereocenters. The zero-order chi connectivity index (χ0) is 4.31. The number of alkyl halides is 3. The van der Waals surface area contributed by atoms with Crippen molar-refractivity contribution in [2.45, 2.75) is 7.85 Å². The molecule has 1 N–H and O–H groups in total. The Morgan fingerprint density at radius 3 is 2.17 bits per heavy atom. The first-order chi connectivity index (χ1) is 2.82. The maximum atomic E-state index is 7.04. The molecule has 0 bridgehead atoms. The third kappa shape index (κ3) is 0.189. The summed E-state index contributed by atoms with van der Waals surface area (Å²) in [5.41, 5.74) is 1.09. The van der Waals surface area contributed by atoms with Gasteiger partial charge in [-0.1, -0.05) is 0 Å². The van der Waals surface area contributed by atoms with Gasteiger partial charge in [0.15, 0.2) is 0 Å². The number of rotatable bonds is 0. The van der Waals surface area contributed by atoms with Crippen LogP contribution in [0.2, 0.25) is 0 Å². The van der Waals surface area contributed by atoms with Gasteiger partial charge in [-0.05, 0) is 0 Å². The standard InChI is InChI=1S/C4H6IN/c1-5-2-3(5)4(2)6/h2-3,6H,1H3/t2-,3?/m1/s1. The van der Waals surface area contributed by atoms with Gasteiger partial charge in [-0.25, -0.2) is 0 Å². The van der Waals surface area contributed by atoms with Gasteiger partial charge in [-0.2, -0.15) is 0 Å². The Morgan fingerprint density at radius 1 is 1.67 bits per heavy atom. The molecule has 1 saturated carbocycles. The van der Waals surface area contributed by atoms with Gasteiger partial charge in [0.1, 0.15) is 0 Å². The first kappa shape index (κ1) is 3.41. The molecule has 1 nitrogen and oxygen atoms in total. The Kier molecular flexibility index (Phi) is 0.386. The molecule has 0 radical (unpaired) electrons. The molecule has 2 fully saturated rings. The summed E-state index contributed by atoms with van der Waals surface area (Å²) >= 11 is -0.305. The summed E-state index contributed by atoms with van der Waals surface area (Å²) in [5, 5.41) is 7.04. The molecule has 1 heterocycles. The molecule has 1 saturated heterocycles. The predicted octanol–water partition coefficient (Wildman–Crippen LogP) is 0.907. The number of hydrogen-bond acceptors (Lipinski definition) is 1. The summed E-state index contributed by atoms with van der Waals surface area (Å²) in [7, 11) is 0. The van der Waals surface area contributed by atoms with E-state index in [9.17, 15) is 0 Å². The van der Waals surface area contributed by atoms with Crippen LogP contribution in [0.3, 0.4) is 0 Å². The van der Waals surface area contributed by atoms with E-state index < -0.39 is 0 Å². The molecular formula is C4H6IN. The zero-order valence-electron chi connectivity index (χ0n) is 3.53. The minimum absolute atomic E-state index is 0.305. The van der Waals surface area contributed by atoms with Crippen molar-refractivity contribution in [3.05, 3.63) is 0 Å². The van der Waals surface area contributed by atoms with Gasteiger partial charge in [-0.15, -0.1) is 0 Å². The van der Waals surface area contributed by atoms with E-state index in [-0.39, 0.29) is 19.8 Å². The van der Waals surface area contributed by atoms with Crippen LogP contribution < -0.4 is 0 Å². The van der Waals surface area contributed by atoms with Crippen LogP contribution in [-0.2, 0) is 0 Å². The molecule has 2 atom stereocenters. The number of halogens is 1. The van der Waals surface area contributed by atoms with Crippen LogP contribution >= 0.6 is 19.8 Å². The molecule has 34 valence electrons. The first-order valence-corrected chi connectivity index (χ1v) is 6.62. The Labute approximate surface area is 44.0 Å². The van der Waals surface area contributed by atoms with Gasteiger partial charge in [0, 0.05) is 0 Å². The Morgan fingerprint density at radius 2 is 2.17 bits per heavy atom. The summed E-state index contributed by atoms with van der Waals surface area (Å²) in [6.07, 6.45) is 0. The fourth-order valence-electron chi connectivity index (χ4n) is 0.785. The van der Waals surface area contributed by atoms with Crippen molar-refractivity contribution < 1.29 is 0 Å². The van der Waals surface area contributed by atoms with Crippen molar-refractivity contribution >= 4 is 25.5 Å². The van der Waals surface area contributed by atoms with E-state index in [0.29, 0.717) is 0 Å². The van der Waals surface area contributed by atoms with Gasteiger partial charge < -0.3 is 0 Å². The molecule has 0 amide bonds. The van der Waals surface area contributed by atoms with Crippen LogP contribution in [0.4, 0.5) is 0 Å². The van der Waals surface area contributed by atoms with E-state index in [2.05, 4.69) is 4.93 Å². The molecule has 1 aliphatic heterocycles. The van der Waals surface area contributed by atoms with E-state index in [0.717, 1.165) is 13.6 Å². The second-order valence-corrected chi connectivity index (χ2v) is 7.72. The summed E-state index contributed by atoms with van der Waals surface area (Å²) in [6.45, 7) is 0. The number of nitrogens with one attached hydrogen (secondary N) is 1. The summed E-state index contributed by atoms with van der Waals surface area (Å²) < 4.78 is 1.85. The van der Waals surface area contributed by atoms with E-state index in [1.807, 2.05) is 0 Å². The fraction of sp³-hybridized carbons (Fsp3) is 0.750. The number of hydrogen-bond donors (Lipinski definition) is 1. The molecular weight excluding hydrogens is 189 g/mol. The second-order valence-electron chi connectivity index (χ2n) is 1.82. The topological polar surface area (TPSA) is 23.9 Å². The van der Waals surface area contributed by atoms with E-state index in [1.165, 1.54) is 0 Å². The van der Waals surface area contributed by atoms with E-state index in [4.69, 9.17) is 5.41 Å². The normalized spacial score (nSPS) is 54.8. The van der Waals surface area contributed by atoms with Crippen LogP contribution in [0.15, 0.2) is 0 Å². The Bertz CT molecular complexity index is 109. The SMILES string of the molecule is CI1C2C(=N)[C@@H]21. The quantitative estimate of drug-likeness (QED) is 0.438. The van der Waals surface area contributed by atoms with Crippen molar-refractivity contribution in [3.8, 4) is 0 Å². The van der Waals surface area contributed by atoms with Crippen LogP contribution in [-0.4, -0.2) is 18.5 Å². The van der Waals surface area contributed by atoms with Crippen LogP contribution in [0.1, 0.15) is 0 Å². The molecule has 2 heteroatoms. The summed E-state index contributed by atoms with van der Waals surface area (Å²) in [4.78, 5) is 2.37. The van der Waals surface area contributed by atoms with Crippen LogP contribution in [0, 0.1) is 5.41 Å². The van der Waals surface area contributed by atoms with Gasteiger partial charge in [0.25, 0.3) is 0 Å². The van der Waals surface area contributed by atoms with Crippen molar-refractivity contribution in [2.75, 3.05) is 4.93 Å². The average Bonchev–Trinajstić information content (AvgIpc) is 2.28. The predicted molar refractivity (Wildman–Crippen MR) is 35.2 cm³/mol. The van der Waals surface area contributed by atoms with Gasteiger partial charge in [-0.3, -0.25) is 0 Å². The maximum absolute atomic E-state index is 7.04. The van der Waals surface area contributed by atoms with Crippen molar-refractivity contribution in [1.29, 1.82) is 5.41 Å². The molecule has 0 aromatic carbocycles. The van der Waals surface area contributed by atoms with Gasteiger partial charge in [0.05, 0.1) is 0 Å². The third-order valence-corrected chi connectivity index (χ3v) is 7.60. The molecule has 6 heavy (non-hydrogen) atoms. The van der Waals surface area contributed by atoms with Crippen LogP contribution in [0.5, 0.6) is 0 Å². The fourth-order valence-corrected chi connectivity index (χ4v) is 6.85. The first-order valence-electron chi connectivity index (χ1n) is 1.98. The number of fused-ring (bicyclic) bond motifs is 1. The molecule has 0 spiro atoms. The van der Waals surface area contributed by atoms with Crippen molar-refractivity contribution in [3.63, 3.8) is 0 Å².